The summed E-state index contributed by atoms with van der Waals surface area (Å²) >= 11 is 0. The Bertz CT molecular complexity index is 626. The van der Waals surface area contributed by atoms with Crippen molar-refractivity contribution in [1.29, 1.82) is 0 Å². The highest BCUT2D eigenvalue weighted by Crippen LogP contribution is 2.17. The van der Waals surface area contributed by atoms with E-state index in [0.29, 0.717) is 18.0 Å². The fourth-order valence-electron chi connectivity index (χ4n) is 2.96. The first-order chi connectivity index (χ1) is 11.7. The highest BCUT2D eigenvalue weighted by atomic mass is 16.2. The standard InChI is InChI=1S/C20H31N3O2/c1-14-6-7-17(12-15(14)2)18(24)21-13-16-8-10-23(11-9-16)19(25)22-20(3,4)5/h6-7,12,16H,8-11,13H2,1-5H3,(H,21,24)(H,22,25). The fraction of sp³-hybridized carbons (Fsp3) is 0.600. The number of hydrogen-bond acceptors (Lipinski definition) is 2. The van der Waals surface area contributed by atoms with Gasteiger partial charge in [0.15, 0.2) is 0 Å². The van der Waals surface area contributed by atoms with Gasteiger partial charge in [-0.05, 0) is 76.6 Å². The summed E-state index contributed by atoms with van der Waals surface area (Å²) in [5.41, 5.74) is 2.82. The molecule has 1 aliphatic heterocycles. The number of nitrogens with zero attached hydrogens (tertiary/aromatic N) is 1. The van der Waals surface area contributed by atoms with Crippen molar-refractivity contribution < 1.29 is 9.59 Å². The zero-order valence-corrected chi connectivity index (χ0v) is 16.1. The molecule has 0 aromatic heterocycles. The zero-order valence-electron chi connectivity index (χ0n) is 16.1. The molecule has 0 bridgehead atoms. The number of piperidine rings is 1. The maximum Gasteiger partial charge on any atom is 0.317 e. The minimum atomic E-state index is -0.214. The molecule has 0 saturated carbocycles. The van der Waals surface area contributed by atoms with E-state index in [1.807, 2.05) is 57.7 Å². The number of likely N-dealkylation sites (tertiary alicyclic amines) is 1. The molecule has 25 heavy (non-hydrogen) atoms. The lowest BCUT2D eigenvalue weighted by Gasteiger charge is -2.34. The largest absolute Gasteiger partial charge is 0.352 e. The SMILES string of the molecule is Cc1ccc(C(=O)NCC2CCN(C(=O)NC(C)(C)C)CC2)cc1C. The second-order valence-corrected chi connectivity index (χ2v) is 8.12. The average molecular weight is 345 g/mol. The molecule has 5 nitrogen and oxygen atoms in total. The lowest BCUT2D eigenvalue weighted by atomic mass is 9.96. The maximum atomic E-state index is 12.3. The predicted octanol–water partition coefficient (Wildman–Crippen LogP) is 3.25. The molecule has 1 heterocycles. The molecule has 1 fully saturated rings. The zero-order chi connectivity index (χ0) is 18.6. The predicted molar refractivity (Wildman–Crippen MR) is 101 cm³/mol. The van der Waals surface area contributed by atoms with Crippen molar-refractivity contribution in [3.8, 4) is 0 Å². The van der Waals surface area contributed by atoms with E-state index >= 15 is 0 Å². The third-order valence-corrected chi connectivity index (χ3v) is 4.70. The van der Waals surface area contributed by atoms with Crippen molar-refractivity contribution in [2.45, 2.75) is 53.0 Å². The molecule has 1 aromatic rings. The quantitative estimate of drug-likeness (QED) is 0.883. The molecule has 1 aromatic carbocycles. The van der Waals surface area contributed by atoms with Crippen LogP contribution in [0, 0.1) is 19.8 Å². The van der Waals surface area contributed by atoms with Gasteiger partial charge in [0, 0.05) is 30.7 Å². The van der Waals surface area contributed by atoms with Crippen molar-refractivity contribution in [2.24, 2.45) is 5.92 Å². The molecule has 5 heteroatoms. The van der Waals surface area contributed by atoms with Crippen molar-refractivity contribution in [1.82, 2.24) is 15.5 Å². The van der Waals surface area contributed by atoms with E-state index in [1.165, 1.54) is 5.56 Å². The summed E-state index contributed by atoms with van der Waals surface area (Å²) < 4.78 is 0. The van der Waals surface area contributed by atoms with Crippen LogP contribution in [0.2, 0.25) is 0 Å². The summed E-state index contributed by atoms with van der Waals surface area (Å²) in [6.07, 6.45) is 1.84. The molecule has 2 N–H and O–H groups in total. The van der Waals surface area contributed by atoms with Crippen LogP contribution in [0.3, 0.4) is 0 Å². The summed E-state index contributed by atoms with van der Waals surface area (Å²) in [6.45, 7) is 12.2. The third-order valence-electron chi connectivity index (χ3n) is 4.70. The van der Waals surface area contributed by atoms with E-state index < -0.39 is 0 Å². The maximum absolute atomic E-state index is 12.3. The molecule has 0 spiro atoms. The van der Waals surface area contributed by atoms with Crippen LogP contribution in [0.5, 0.6) is 0 Å². The van der Waals surface area contributed by atoms with E-state index in [9.17, 15) is 9.59 Å². The van der Waals surface area contributed by atoms with Crippen LogP contribution >= 0.6 is 0 Å². The number of urea groups is 1. The number of rotatable bonds is 3. The van der Waals surface area contributed by atoms with Gasteiger partial charge in [0.2, 0.25) is 0 Å². The molecule has 3 amide bonds. The molecule has 1 aliphatic rings. The molecule has 0 aliphatic carbocycles. The smallest absolute Gasteiger partial charge is 0.317 e. The second kappa shape index (κ2) is 7.89. The van der Waals surface area contributed by atoms with E-state index in [-0.39, 0.29) is 17.5 Å². The molecule has 1 saturated heterocycles. The summed E-state index contributed by atoms with van der Waals surface area (Å²) in [4.78, 5) is 26.3. The molecular weight excluding hydrogens is 314 g/mol. The molecule has 2 rings (SSSR count). The van der Waals surface area contributed by atoms with Gasteiger partial charge in [0.25, 0.3) is 5.91 Å². The van der Waals surface area contributed by atoms with Gasteiger partial charge < -0.3 is 15.5 Å². The Balaban J connectivity index is 1.77. The lowest BCUT2D eigenvalue weighted by Crippen LogP contribution is -2.51. The minimum Gasteiger partial charge on any atom is -0.352 e. The number of hydrogen-bond donors (Lipinski definition) is 2. The van der Waals surface area contributed by atoms with Gasteiger partial charge in [0.05, 0.1) is 0 Å². The molecule has 0 radical (unpaired) electrons. The van der Waals surface area contributed by atoms with Crippen molar-refractivity contribution >= 4 is 11.9 Å². The molecule has 0 atom stereocenters. The lowest BCUT2D eigenvalue weighted by molar-refractivity contribution is 0.0937. The Morgan fingerprint density at radius 2 is 1.76 bits per heavy atom. The van der Waals surface area contributed by atoms with Crippen molar-refractivity contribution in [3.63, 3.8) is 0 Å². The van der Waals surface area contributed by atoms with E-state index in [0.717, 1.165) is 31.5 Å². The number of nitrogens with one attached hydrogen (secondary N) is 2. The van der Waals surface area contributed by atoms with Crippen LogP contribution in [0.1, 0.15) is 55.1 Å². The van der Waals surface area contributed by atoms with Crippen molar-refractivity contribution in [3.05, 3.63) is 34.9 Å². The number of carbonyl (C=O) groups excluding carboxylic acids is 2. The Morgan fingerprint density at radius 1 is 1.12 bits per heavy atom. The summed E-state index contributed by atoms with van der Waals surface area (Å²) in [7, 11) is 0. The summed E-state index contributed by atoms with van der Waals surface area (Å²) in [5, 5.41) is 6.04. The van der Waals surface area contributed by atoms with Crippen LogP contribution in [0.15, 0.2) is 18.2 Å². The third kappa shape index (κ3) is 5.76. The van der Waals surface area contributed by atoms with Gasteiger partial charge in [-0.3, -0.25) is 4.79 Å². The van der Waals surface area contributed by atoms with Crippen LogP contribution in [-0.2, 0) is 0 Å². The van der Waals surface area contributed by atoms with Gasteiger partial charge >= 0.3 is 6.03 Å². The fourth-order valence-corrected chi connectivity index (χ4v) is 2.96. The number of benzene rings is 1. The van der Waals surface area contributed by atoms with Crippen molar-refractivity contribution in [2.75, 3.05) is 19.6 Å². The highest BCUT2D eigenvalue weighted by Gasteiger charge is 2.25. The van der Waals surface area contributed by atoms with E-state index in [4.69, 9.17) is 0 Å². The van der Waals surface area contributed by atoms with E-state index in [1.54, 1.807) is 0 Å². The number of aryl methyl sites for hydroxylation is 2. The Hall–Kier alpha value is -2.04. The first kappa shape index (κ1) is 19.3. The first-order valence-electron chi connectivity index (χ1n) is 9.08. The van der Waals surface area contributed by atoms with Crippen LogP contribution in [-0.4, -0.2) is 42.0 Å². The number of carbonyl (C=O) groups is 2. The van der Waals surface area contributed by atoms with Crippen LogP contribution in [0.25, 0.3) is 0 Å². The monoisotopic (exact) mass is 345 g/mol. The Kier molecular flexibility index (Phi) is 6.09. The summed E-state index contributed by atoms with van der Waals surface area (Å²) in [5.74, 6) is 0.408. The Morgan fingerprint density at radius 3 is 2.32 bits per heavy atom. The highest BCUT2D eigenvalue weighted by molar-refractivity contribution is 5.94. The van der Waals surface area contributed by atoms with Gasteiger partial charge in [-0.1, -0.05) is 6.07 Å². The minimum absolute atomic E-state index is 0.00474. The van der Waals surface area contributed by atoms with E-state index in [2.05, 4.69) is 10.6 Å². The van der Waals surface area contributed by atoms with Gasteiger partial charge in [-0.2, -0.15) is 0 Å². The molecule has 0 unspecified atom stereocenters. The number of amides is 3. The average Bonchev–Trinajstić information content (AvgIpc) is 2.54. The first-order valence-corrected chi connectivity index (χ1v) is 9.08. The normalized spacial score (nSPS) is 15.8. The van der Waals surface area contributed by atoms with Gasteiger partial charge in [0.1, 0.15) is 0 Å². The van der Waals surface area contributed by atoms with Gasteiger partial charge in [-0.25, -0.2) is 4.79 Å². The van der Waals surface area contributed by atoms with Gasteiger partial charge in [-0.15, -0.1) is 0 Å². The van der Waals surface area contributed by atoms with Crippen LogP contribution in [0.4, 0.5) is 4.79 Å². The molecular formula is C20H31N3O2. The Labute approximate surface area is 151 Å². The second-order valence-electron chi connectivity index (χ2n) is 8.12. The summed E-state index contributed by atoms with van der Waals surface area (Å²) in [6, 6.07) is 5.79. The topological polar surface area (TPSA) is 61.4 Å². The molecule has 138 valence electrons. The van der Waals surface area contributed by atoms with Crippen LogP contribution < -0.4 is 10.6 Å².